The Morgan fingerprint density at radius 2 is 1.48 bits per heavy atom. The number of amides is 2. The molecular weight excluding hydrogens is 336 g/mol. The highest BCUT2D eigenvalue weighted by molar-refractivity contribution is 6.01. The van der Waals surface area contributed by atoms with Crippen LogP contribution < -0.4 is 10.6 Å². The van der Waals surface area contributed by atoms with Gasteiger partial charge in [-0.1, -0.05) is 65.0 Å². The molecule has 0 aromatic heterocycles. The van der Waals surface area contributed by atoms with E-state index < -0.39 is 6.04 Å². The monoisotopic (exact) mass is 366 g/mol. The maximum absolute atomic E-state index is 12.5. The zero-order chi connectivity index (χ0) is 20.2. The first-order chi connectivity index (χ1) is 12.6. The molecule has 27 heavy (non-hydrogen) atoms. The summed E-state index contributed by atoms with van der Waals surface area (Å²) >= 11 is 0. The molecule has 0 fully saturated rings. The van der Waals surface area contributed by atoms with E-state index in [0.717, 1.165) is 16.8 Å². The van der Waals surface area contributed by atoms with Gasteiger partial charge in [-0.2, -0.15) is 0 Å². The van der Waals surface area contributed by atoms with Crippen LogP contribution in [0, 0.1) is 0 Å². The highest BCUT2D eigenvalue weighted by atomic mass is 16.2. The van der Waals surface area contributed by atoms with Crippen molar-refractivity contribution in [2.75, 3.05) is 5.32 Å². The Hall–Kier alpha value is -2.62. The van der Waals surface area contributed by atoms with Crippen molar-refractivity contribution in [1.29, 1.82) is 0 Å². The summed E-state index contributed by atoms with van der Waals surface area (Å²) in [6, 6.07) is 14.6. The summed E-state index contributed by atoms with van der Waals surface area (Å²) in [5, 5.41) is 5.70. The van der Waals surface area contributed by atoms with Crippen LogP contribution in [0.15, 0.2) is 48.5 Å². The fraction of sp³-hybridized carbons (Fsp3) is 0.391. The van der Waals surface area contributed by atoms with E-state index in [-0.39, 0.29) is 17.2 Å². The number of para-hydroxylation sites is 1. The normalized spacial score (nSPS) is 12.6. The van der Waals surface area contributed by atoms with Crippen molar-refractivity contribution in [2.45, 2.75) is 58.9 Å². The van der Waals surface area contributed by atoms with Crippen molar-refractivity contribution in [3.63, 3.8) is 0 Å². The molecule has 0 saturated heterocycles. The maximum Gasteiger partial charge on any atom is 0.251 e. The highest BCUT2D eigenvalue weighted by Gasteiger charge is 2.19. The molecule has 0 bridgehead atoms. The first-order valence-electron chi connectivity index (χ1n) is 9.41. The standard InChI is InChI=1S/C23H30N2O2/c1-15(2)19-9-7-8-10-20(19)25-21(26)16(3)24-22(27)17-11-13-18(14-12-17)23(4,5)6/h7-16H,1-6H3,(H,24,27)(H,25,26). The van der Waals surface area contributed by atoms with Crippen LogP contribution >= 0.6 is 0 Å². The minimum atomic E-state index is -0.639. The minimum absolute atomic E-state index is 0.0337. The van der Waals surface area contributed by atoms with Crippen molar-refractivity contribution < 1.29 is 9.59 Å². The van der Waals surface area contributed by atoms with Gasteiger partial charge in [0, 0.05) is 11.3 Å². The second-order valence-electron chi connectivity index (χ2n) is 8.25. The molecule has 2 amide bonds. The number of nitrogens with one attached hydrogen (secondary N) is 2. The van der Waals surface area contributed by atoms with Crippen LogP contribution in [0.2, 0.25) is 0 Å². The van der Waals surface area contributed by atoms with E-state index in [2.05, 4.69) is 45.3 Å². The second kappa shape index (κ2) is 8.38. The average molecular weight is 367 g/mol. The fourth-order valence-corrected chi connectivity index (χ4v) is 2.82. The lowest BCUT2D eigenvalue weighted by molar-refractivity contribution is -0.117. The van der Waals surface area contributed by atoms with Crippen molar-refractivity contribution >= 4 is 17.5 Å². The predicted molar refractivity (Wildman–Crippen MR) is 111 cm³/mol. The van der Waals surface area contributed by atoms with Gasteiger partial charge in [0.1, 0.15) is 6.04 Å². The third kappa shape index (κ3) is 5.43. The van der Waals surface area contributed by atoms with Crippen LogP contribution in [0.25, 0.3) is 0 Å². The fourth-order valence-electron chi connectivity index (χ4n) is 2.82. The summed E-state index contributed by atoms with van der Waals surface area (Å²) in [5.74, 6) is -0.189. The zero-order valence-electron chi connectivity index (χ0n) is 17.1. The molecule has 0 radical (unpaired) electrons. The van der Waals surface area contributed by atoms with Crippen molar-refractivity contribution in [2.24, 2.45) is 0 Å². The third-order valence-corrected chi connectivity index (χ3v) is 4.59. The number of rotatable bonds is 5. The number of hydrogen-bond donors (Lipinski definition) is 2. The number of benzene rings is 2. The van der Waals surface area contributed by atoms with Gasteiger partial charge < -0.3 is 10.6 Å². The Morgan fingerprint density at radius 1 is 0.889 bits per heavy atom. The van der Waals surface area contributed by atoms with Gasteiger partial charge in [-0.3, -0.25) is 9.59 Å². The average Bonchev–Trinajstić information content (AvgIpc) is 2.61. The van der Waals surface area contributed by atoms with Crippen LogP contribution in [-0.2, 0) is 10.2 Å². The summed E-state index contributed by atoms with van der Waals surface area (Å²) in [5.41, 5.74) is 3.60. The van der Waals surface area contributed by atoms with E-state index in [1.54, 1.807) is 19.1 Å². The molecule has 0 spiro atoms. The zero-order valence-corrected chi connectivity index (χ0v) is 17.1. The molecule has 4 nitrogen and oxygen atoms in total. The molecule has 1 unspecified atom stereocenters. The van der Waals surface area contributed by atoms with Crippen LogP contribution in [0.1, 0.15) is 68.9 Å². The molecule has 144 valence electrons. The molecule has 0 aliphatic rings. The predicted octanol–water partition coefficient (Wildman–Crippen LogP) is 4.86. The van der Waals surface area contributed by atoms with Gasteiger partial charge in [-0.15, -0.1) is 0 Å². The largest absolute Gasteiger partial charge is 0.341 e. The molecule has 0 aliphatic carbocycles. The Morgan fingerprint density at radius 3 is 2.04 bits per heavy atom. The van der Waals surface area contributed by atoms with E-state index in [4.69, 9.17) is 0 Å². The van der Waals surface area contributed by atoms with Gasteiger partial charge in [0.2, 0.25) is 5.91 Å². The first-order valence-corrected chi connectivity index (χ1v) is 9.41. The Balaban J connectivity index is 2.03. The second-order valence-corrected chi connectivity index (χ2v) is 8.25. The first kappa shape index (κ1) is 20.7. The van der Waals surface area contributed by atoms with Gasteiger partial charge in [0.25, 0.3) is 5.91 Å². The third-order valence-electron chi connectivity index (χ3n) is 4.59. The Bertz CT molecular complexity index is 802. The summed E-state index contributed by atoms with van der Waals surface area (Å²) in [6.07, 6.45) is 0. The van der Waals surface area contributed by atoms with Gasteiger partial charge in [0.15, 0.2) is 0 Å². The number of carbonyl (C=O) groups is 2. The van der Waals surface area contributed by atoms with Crippen molar-refractivity contribution in [3.05, 3.63) is 65.2 Å². The topological polar surface area (TPSA) is 58.2 Å². The van der Waals surface area contributed by atoms with Crippen LogP contribution in [0.4, 0.5) is 5.69 Å². The van der Waals surface area contributed by atoms with Gasteiger partial charge in [-0.05, 0) is 47.6 Å². The lowest BCUT2D eigenvalue weighted by atomic mass is 9.86. The molecule has 0 saturated carbocycles. The summed E-state index contributed by atoms with van der Waals surface area (Å²) in [4.78, 5) is 25.0. The summed E-state index contributed by atoms with van der Waals surface area (Å²) in [7, 11) is 0. The molecule has 2 aromatic carbocycles. The smallest absolute Gasteiger partial charge is 0.251 e. The summed E-state index contributed by atoms with van der Waals surface area (Å²) < 4.78 is 0. The SMILES string of the molecule is CC(NC(=O)c1ccc(C(C)(C)C)cc1)C(=O)Nc1ccccc1C(C)C. The number of hydrogen-bond acceptors (Lipinski definition) is 2. The van der Waals surface area contributed by atoms with Crippen LogP contribution in [-0.4, -0.2) is 17.9 Å². The van der Waals surface area contributed by atoms with E-state index in [0.29, 0.717) is 11.5 Å². The molecule has 2 N–H and O–H groups in total. The van der Waals surface area contributed by atoms with Crippen molar-refractivity contribution in [1.82, 2.24) is 5.32 Å². The Labute approximate surface area is 162 Å². The highest BCUT2D eigenvalue weighted by Crippen LogP contribution is 2.24. The van der Waals surface area contributed by atoms with Gasteiger partial charge in [-0.25, -0.2) is 0 Å². The Kier molecular flexibility index (Phi) is 6.42. The van der Waals surface area contributed by atoms with Crippen LogP contribution in [0.3, 0.4) is 0 Å². The molecule has 4 heteroatoms. The van der Waals surface area contributed by atoms with Gasteiger partial charge >= 0.3 is 0 Å². The lowest BCUT2D eigenvalue weighted by Gasteiger charge is -2.20. The quantitative estimate of drug-likeness (QED) is 0.793. The number of anilines is 1. The van der Waals surface area contributed by atoms with E-state index in [1.807, 2.05) is 36.4 Å². The maximum atomic E-state index is 12.5. The van der Waals surface area contributed by atoms with Crippen molar-refractivity contribution in [3.8, 4) is 0 Å². The molecule has 2 rings (SSSR count). The van der Waals surface area contributed by atoms with E-state index in [9.17, 15) is 9.59 Å². The molecule has 0 aliphatic heterocycles. The van der Waals surface area contributed by atoms with E-state index in [1.165, 1.54) is 0 Å². The molecule has 0 heterocycles. The molecular formula is C23H30N2O2. The molecule has 1 atom stereocenters. The lowest BCUT2D eigenvalue weighted by Crippen LogP contribution is -2.41. The van der Waals surface area contributed by atoms with Gasteiger partial charge in [0.05, 0.1) is 0 Å². The van der Waals surface area contributed by atoms with E-state index >= 15 is 0 Å². The summed E-state index contributed by atoms with van der Waals surface area (Å²) in [6.45, 7) is 12.2. The number of carbonyl (C=O) groups excluding carboxylic acids is 2. The van der Waals surface area contributed by atoms with Crippen LogP contribution in [0.5, 0.6) is 0 Å². The minimum Gasteiger partial charge on any atom is -0.341 e. The molecule has 2 aromatic rings.